The summed E-state index contributed by atoms with van der Waals surface area (Å²) in [6.45, 7) is 5.80. The molecule has 84 valence electrons. The Hall–Kier alpha value is -1.16. The lowest BCUT2D eigenvalue weighted by Crippen LogP contribution is -2.44. The largest absolute Gasteiger partial charge is 0.383 e. The highest BCUT2D eigenvalue weighted by molar-refractivity contribution is 5.58. The van der Waals surface area contributed by atoms with Crippen molar-refractivity contribution >= 4 is 5.69 Å². The Bertz CT molecular complexity index is 390. The first-order valence-corrected chi connectivity index (χ1v) is 5.23. The molecule has 0 N–H and O–H groups in total. The molecule has 0 heterocycles. The van der Waals surface area contributed by atoms with Crippen LogP contribution < -0.4 is 15.8 Å². The van der Waals surface area contributed by atoms with Gasteiger partial charge in [0.25, 0.3) is 0 Å². The summed E-state index contributed by atoms with van der Waals surface area (Å²) in [6, 6.07) is 0. The second-order valence-corrected chi connectivity index (χ2v) is 3.41. The van der Waals surface area contributed by atoms with Crippen molar-refractivity contribution < 1.29 is 4.74 Å². The lowest BCUT2D eigenvalue weighted by molar-refractivity contribution is 0.205. The summed E-state index contributed by atoms with van der Waals surface area (Å²) >= 11 is 0. The fourth-order valence-corrected chi connectivity index (χ4v) is 1.72. The minimum atomic E-state index is -0.343. The van der Waals surface area contributed by atoms with Crippen molar-refractivity contribution in [2.45, 2.75) is 20.3 Å². The standard InChI is InChI=1S/C11H17NO3/c1-4-8-9(11(14)10(8)13)12(5-2)6-7-15-3/h4-7H2,1-3H3. The predicted molar refractivity (Wildman–Crippen MR) is 60.5 cm³/mol. The molecule has 0 fully saturated rings. The normalized spacial score (nSPS) is 10.9. The van der Waals surface area contributed by atoms with Gasteiger partial charge in [0.15, 0.2) is 0 Å². The maximum absolute atomic E-state index is 11.4. The number of rotatable bonds is 6. The molecule has 4 nitrogen and oxygen atoms in total. The molecule has 0 aliphatic carbocycles. The summed E-state index contributed by atoms with van der Waals surface area (Å²) in [7, 11) is 1.62. The van der Waals surface area contributed by atoms with Gasteiger partial charge in [0.2, 0.25) is 10.9 Å². The van der Waals surface area contributed by atoms with E-state index in [4.69, 9.17) is 4.74 Å². The van der Waals surface area contributed by atoms with E-state index in [1.54, 1.807) is 7.11 Å². The molecule has 0 aliphatic heterocycles. The van der Waals surface area contributed by atoms with Gasteiger partial charge < -0.3 is 9.64 Å². The first-order valence-electron chi connectivity index (χ1n) is 5.23. The molecule has 0 saturated heterocycles. The van der Waals surface area contributed by atoms with Crippen molar-refractivity contribution in [1.29, 1.82) is 0 Å². The van der Waals surface area contributed by atoms with Crippen LogP contribution in [0.25, 0.3) is 0 Å². The topological polar surface area (TPSA) is 46.6 Å². The summed E-state index contributed by atoms with van der Waals surface area (Å²) in [5, 5.41) is 0. The number of ether oxygens (including phenoxy) is 1. The van der Waals surface area contributed by atoms with Crippen LogP contribution in [0.4, 0.5) is 5.69 Å². The van der Waals surface area contributed by atoms with Crippen LogP contribution in [-0.4, -0.2) is 26.8 Å². The Morgan fingerprint density at radius 3 is 2.33 bits per heavy atom. The van der Waals surface area contributed by atoms with Crippen LogP contribution in [0.2, 0.25) is 0 Å². The molecule has 1 aromatic carbocycles. The molecule has 0 amide bonds. The van der Waals surface area contributed by atoms with Crippen molar-refractivity contribution in [3.63, 3.8) is 0 Å². The van der Waals surface area contributed by atoms with E-state index >= 15 is 0 Å². The van der Waals surface area contributed by atoms with Crippen LogP contribution in [0.3, 0.4) is 0 Å². The van der Waals surface area contributed by atoms with Gasteiger partial charge in [-0.2, -0.15) is 0 Å². The van der Waals surface area contributed by atoms with Gasteiger partial charge in [-0.15, -0.1) is 0 Å². The molecule has 0 aromatic heterocycles. The van der Waals surface area contributed by atoms with Gasteiger partial charge >= 0.3 is 0 Å². The molecule has 0 radical (unpaired) electrons. The fourth-order valence-electron chi connectivity index (χ4n) is 1.72. The van der Waals surface area contributed by atoms with Crippen LogP contribution in [0.15, 0.2) is 9.59 Å². The van der Waals surface area contributed by atoms with Gasteiger partial charge in [-0.3, -0.25) is 9.59 Å². The van der Waals surface area contributed by atoms with Crippen molar-refractivity contribution in [3.05, 3.63) is 26.0 Å². The van der Waals surface area contributed by atoms with Crippen LogP contribution in [0, 0.1) is 0 Å². The average molecular weight is 211 g/mol. The molecule has 0 bridgehead atoms. The molecule has 1 rings (SSSR count). The number of anilines is 1. The van der Waals surface area contributed by atoms with Gasteiger partial charge in [-0.25, -0.2) is 0 Å². The summed E-state index contributed by atoms with van der Waals surface area (Å²) in [6.07, 6.45) is 0.628. The molecular formula is C11H17NO3. The van der Waals surface area contributed by atoms with Crippen molar-refractivity contribution in [1.82, 2.24) is 0 Å². The monoisotopic (exact) mass is 211 g/mol. The van der Waals surface area contributed by atoms with Crippen LogP contribution >= 0.6 is 0 Å². The van der Waals surface area contributed by atoms with Crippen LogP contribution in [-0.2, 0) is 11.2 Å². The number of likely N-dealkylation sites (N-methyl/N-ethyl adjacent to an activating group) is 1. The fraction of sp³-hybridized carbons (Fsp3) is 0.636. The lowest BCUT2D eigenvalue weighted by atomic mass is 10.0. The molecule has 15 heavy (non-hydrogen) atoms. The third-order valence-electron chi connectivity index (χ3n) is 2.60. The van der Waals surface area contributed by atoms with Crippen molar-refractivity contribution in [2.75, 3.05) is 31.7 Å². The maximum atomic E-state index is 11.4. The van der Waals surface area contributed by atoms with Crippen molar-refractivity contribution in [3.8, 4) is 0 Å². The first kappa shape index (κ1) is 11.9. The van der Waals surface area contributed by atoms with E-state index in [-0.39, 0.29) is 10.9 Å². The Morgan fingerprint density at radius 1 is 1.20 bits per heavy atom. The molecule has 0 spiro atoms. The molecule has 0 saturated carbocycles. The van der Waals surface area contributed by atoms with E-state index in [0.29, 0.717) is 30.8 Å². The zero-order valence-corrected chi connectivity index (χ0v) is 9.50. The zero-order chi connectivity index (χ0) is 11.4. The van der Waals surface area contributed by atoms with E-state index < -0.39 is 0 Å². The SMILES string of the molecule is CCc1c(N(CC)CCOC)c(=O)c1=O. The Kier molecular flexibility index (Phi) is 4.03. The number of nitrogens with zero attached hydrogens (tertiary/aromatic N) is 1. The van der Waals surface area contributed by atoms with E-state index in [2.05, 4.69) is 0 Å². The van der Waals surface area contributed by atoms with Crippen LogP contribution in [0.5, 0.6) is 0 Å². The van der Waals surface area contributed by atoms with E-state index in [0.717, 1.165) is 6.54 Å². The minimum absolute atomic E-state index is 0.316. The highest BCUT2D eigenvalue weighted by Crippen LogP contribution is 2.14. The Balaban J connectivity index is 2.88. The summed E-state index contributed by atoms with van der Waals surface area (Å²) in [4.78, 5) is 24.5. The van der Waals surface area contributed by atoms with Crippen molar-refractivity contribution in [2.24, 2.45) is 0 Å². The summed E-state index contributed by atoms with van der Waals surface area (Å²) in [5.41, 5.74) is 0.605. The van der Waals surface area contributed by atoms with Gasteiger partial charge in [-0.05, 0) is 13.3 Å². The molecule has 0 atom stereocenters. The summed E-state index contributed by atoms with van der Waals surface area (Å²) in [5.74, 6) is 0. The molecular weight excluding hydrogens is 194 g/mol. The third kappa shape index (κ3) is 2.09. The minimum Gasteiger partial charge on any atom is -0.383 e. The highest BCUT2D eigenvalue weighted by atomic mass is 16.5. The van der Waals surface area contributed by atoms with E-state index in [1.165, 1.54) is 0 Å². The summed E-state index contributed by atoms with van der Waals surface area (Å²) < 4.78 is 4.96. The Labute approximate surface area is 89.2 Å². The third-order valence-corrected chi connectivity index (χ3v) is 2.60. The molecule has 0 aliphatic rings. The van der Waals surface area contributed by atoms with E-state index in [1.807, 2.05) is 18.7 Å². The molecule has 4 heteroatoms. The van der Waals surface area contributed by atoms with Gasteiger partial charge in [0.1, 0.15) is 0 Å². The maximum Gasteiger partial charge on any atom is 0.249 e. The van der Waals surface area contributed by atoms with Gasteiger partial charge in [0, 0.05) is 25.8 Å². The van der Waals surface area contributed by atoms with Gasteiger partial charge in [0.05, 0.1) is 12.3 Å². The highest BCUT2D eigenvalue weighted by Gasteiger charge is 2.23. The number of hydrogen-bond donors (Lipinski definition) is 0. The van der Waals surface area contributed by atoms with E-state index in [9.17, 15) is 9.59 Å². The second kappa shape index (κ2) is 5.07. The molecule has 0 unspecified atom stereocenters. The zero-order valence-electron chi connectivity index (χ0n) is 9.50. The van der Waals surface area contributed by atoms with Gasteiger partial charge in [-0.1, -0.05) is 6.92 Å². The second-order valence-electron chi connectivity index (χ2n) is 3.41. The quantitative estimate of drug-likeness (QED) is 0.636. The predicted octanol–water partition coefficient (Wildman–Crippen LogP) is 0.318. The first-order chi connectivity index (χ1) is 7.17. The lowest BCUT2D eigenvalue weighted by Gasteiger charge is -2.25. The number of hydrogen-bond acceptors (Lipinski definition) is 4. The molecule has 1 aromatic rings. The average Bonchev–Trinajstić information content (AvgIpc) is 2.27. The Morgan fingerprint density at radius 2 is 1.87 bits per heavy atom. The number of methoxy groups -OCH3 is 1. The van der Waals surface area contributed by atoms with Crippen LogP contribution in [0.1, 0.15) is 19.4 Å². The smallest absolute Gasteiger partial charge is 0.249 e.